The van der Waals surface area contributed by atoms with Crippen LogP contribution < -0.4 is 5.32 Å². The van der Waals surface area contributed by atoms with Crippen molar-refractivity contribution in [3.63, 3.8) is 0 Å². The van der Waals surface area contributed by atoms with Gasteiger partial charge in [-0.05, 0) is 29.1 Å². The zero-order chi connectivity index (χ0) is 15.1. The molecule has 104 valence electrons. The van der Waals surface area contributed by atoms with E-state index in [1.165, 1.54) is 11.3 Å². The van der Waals surface area contributed by atoms with Gasteiger partial charge < -0.3 is 10.4 Å². The quantitative estimate of drug-likeness (QED) is 0.850. The van der Waals surface area contributed by atoms with Gasteiger partial charge in [0.05, 0.1) is 11.6 Å². The van der Waals surface area contributed by atoms with Crippen LogP contribution in [0.3, 0.4) is 0 Å². The molecule has 0 fully saturated rings. The van der Waals surface area contributed by atoms with Gasteiger partial charge in [0.15, 0.2) is 0 Å². The van der Waals surface area contributed by atoms with Crippen molar-refractivity contribution in [1.29, 1.82) is 5.26 Å². The predicted octanol–water partition coefficient (Wildman–Crippen LogP) is 1.89. The van der Waals surface area contributed by atoms with Crippen molar-refractivity contribution in [3.8, 4) is 17.9 Å². The van der Waals surface area contributed by atoms with E-state index in [1.54, 1.807) is 35.7 Å². The van der Waals surface area contributed by atoms with E-state index in [9.17, 15) is 4.79 Å². The van der Waals surface area contributed by atoms with E-state index in [2.05, 4.69) is 17.2 Å². The second-order valence-electron chi connectivity index (χ2n) is 4.11. The van der Waals surface area contributed by atoms with Crippen LogP contribution in [-0.4, -0.2) is 17.6 Å². The van der Waals surface area contributed by atoms with E-state index < -0.39 is 0 Å². The Bertz CT molecular complexity index is 730. The first-order chi connectivity index (χ1) is 10.2. The fourth-order valence-corrected chi connectivity index (χ4v) is 2.44. The van der Waals surface area contributed by atoms with E-state index in [4.69, 9.17) is 10.4 Å². The number of rotatable bonds is 3. The largest absolute Gasteiger partial charge is 0.384 e. The number of nitrogens with zero attached hydrogens (tertiary/aromatic N) is 1. The molecule has 4 nitrogen and oxygen atoms in total. The van der Waals surface area contributed by atoms with E-state index in [0.29, 0.717) is 22.5 Å². The summed E-state index contributed by atoms with van der Waals surface area (Å²) in [7, 11) is 0. The molecule has 0 unspecified atom stereocenters. The van der Waals surface area contributed by atoms with Crippen LogP contribution in [0.5, 0.6) is 0 Å². The molecule has 0 atom stereocenters. The second kappa shape index (κ2) is 7.25. The molecule has 0 saturated carbocycles. The van der Waals surface area contributed by atoms with Gasteiger partial charge in [-0.2, -0.15) is 5.26 Å². The molecule has 0 aliphatic carbocycles. The highest BCUT2D eigenvalue weighted by molar-refractivity contribution is 7.12. The van der Waals surface area contributed by atoms with Crippen LogP contribution in [0.2, 0.25) is 0 Å². The molecule has 0 aliphatic rings. The molecule has 21 heavy (non-hydrogen) atoms. The molecule has 2 N–H and O–H groups in total. The van der Waals surface area contributed by atoms with Crippen LogP contribution in [0.15, 0.2) is 35.7 Å². The molecule has 1 aromatic carbocycles. The number of carbonyl (C=O) groups is 1. The number of amides is 1. The van der Waals surface area contributed by atoms with Crippen LogP contribution in [-0.2, 0) is 6.54 Å². The van der Waals surface area contributed by atoms with Crippen LogP contribution in [0.4, 0.5) is 0 Å². The Labute approximate surface area is 126 Å². The van der Waals surface area contributed by atoms with Crippen molar-refractivity contribution in [1.82, 2.24) is 5.32 Å². The lowest BCUT2D eigenvalue weighted by atomic mass is 10.1. The monoisotopic (exact) mass is 296 g/mol. The third-order valence-corrected chi connectivity index (χ3v) is 3.62. The number of nitriles is 1. The average Bonchev–Trinajstić information content (AvgIpc) is 2.99. The zero-order valence-electron chi connectivity index (χ0n) is 11.1. The smallest absolute Gasteiger partial charge is 0.262 e. The number of benzene rings is 1. The number of nitrogens with one attached hydrogen (secondary N) is 1. The first kappa shape index (κ1) is 14.8. The highest BCUT2D eigenvalue weighted by atomic mass is 32.1. The SMILES string of the molecule is N#Cc1ccc(CNC(=O)c2sccc2C#CCO)cc1. The Morgan fingerprint density at radius 2 is 2.05 bits per heavy atom. The summed E-state index contributed by atoms with van der Waals surface area (Å²) in [6.45, 7) is 0.150. The molecule has 0 aliphatic heterocycles. The van der Waals surface area contributed by atoms with E-state index in [0.717, 1.165) is 5.56 Å². The average molecular weight is 296 g/mol. The van der Waals surface area contributed by atoms with Gasteiger partial charge in [0, 0.05) is 12.1 Å². The van der Waals surface area contributed by atoms with Gasteiger partial charge in [0.25, 0.3) is 5.91 Å². The summed E-state index contributed by atoms with van der Waals surface area (Å²) >= 11 is 1.31. The van der Waals surface area contributed by atoms with E-state index in [-0.39, 0.29) is 12.5 Å². The lowest BCUT2D eigenvalue weighted by Crippen LogP contribution is -2.22. The van der Waals surface area contributed by atoms with Crippen LogP contribution in [0.25, 0.3) is 0 Å². The molecular weight excluding hydrogens is 284 g/mol. The number of thiophene rings is 1. The van der Waals surface area contributed by atoms with Gasteiger partial charge >= 0.3 is 0 Å². The minimum absolute atomic E-state index is 0.198. The Kier molecular flexibility index (Phi) is 5.11. The predicted molar refractivity (Wildman–Crippen MR) is 80.6 cm³/mol. The Balaban J connectivity index is 2.01. The van der Waals surface area contributed by atoms with Crippen LogP contribution in [0.1, 0.15) is 26.4 Å². The summed E-state index contributed by atoms with van der Waals surface area (Å²) in [4.78, 5) is 12.6. The van der Waals surface area contributed by atoms with Gasteiger partial charge in [-0.3, -0.25) is 4.79 Å². The first-order valence-electron chi connectivity index (χ1n) is 6.19. The van der Waals surface area contributed by atoms with E-state index in [1.807, 2.05) is 6.07 Å². The highest BCUT2D eigenvalue weighted by Crippen LogP contribution is 2.15. The molecule has 5 heteroatoms. The summed E-state index contributed by atoms with van der Waals surface area (Å²) in [5.41, 5.74) is 2.12. The molecule has 0 radical (unpaired) electrons. The Morgan fingerprint density at radius 3 is 2.71 bits per heavy atom. The Morgan fingerprint density at radius 1 is 1.29 bits per heavy atom. The highest BCUT2D eigenvalue weighted by Gasteiger charge is 2.11. The summed E-state index contributed by atoms with van der Waals surface area (Å²) < 4.78 is 0. The van der Waals surface area contributed by atoms with Crippen molar-refractivity contribution in [3.05, 3.63) is 57.3 Å². The maximum atomic E-state index is 12.1. The lowest BCUT2D eigenvalue weighted by Gasteiger charge is -2.04. The third-order valence-electron chi connectivity index (χ3n) is 2.71. The topological polar surface area (TPSA) is 73.1 Å². The standard InChI is InChI=1S/C16H12N2O2S/c17-10-12-3-5-13(6-4-12)11-18-16(20)15-14(2-1-8-19)7-9-21-15/h3-7,9,19H,8,11H2,(H,18,20). The molecule has 2 aromatic rings. The molecule has 1 amide bonds. The third kappa shape index (κ3) is 3.93. The number of hydrogen-bond acceptors (Lipinski definition) is 4. The van der Waals surface area contributed by atoms with Gasteiger partial charge in [-0.25, -0.2) is 0 Å². The fraction of sp³-hybridized carbons (Fsp3) is 0.125. The van der Waals surface area contributed by atoms with Crippen molar-refractivity contribution in [2.75, 3.05) is 6.61 Å². The van der Waals surface area contributed by atoms with Gasteiger partial charge in [-0.15, -0.1) is 11.3 Å². The number of aliphatic hydroxyl groups excluding tert-OH is 1. The zero-order valence-corrected chi connectivity index (χ0v) is 11.9. The van der Waals surface area contributed by atoms with Gasteiger partial charge in [-0.1, -0.05) is 24.0 Å². The molecule has 0 spiro atoms. The van der Waals surface area contributed by atoms with Crippen molar-refractivity contribution in [2.24, 2.45) is 0 Å². The van der Waals surface area contributed by atoms with Crippen molar-refractivity contribution >= 4 is 17.2 Å². The Hall–Kier alpha value is -2.60. The molecule has 2 rings (SSSR count). The maximum Gasteiger partial charge on any atom is 0.262 e. The summed E-state index contributed by atoms with van der Waals surface area (Å²) in [6.07, 6.45) is 0. The van der Waals surface area contributed by atoms with E-state index >= 15 is 0 Å². The summed E-state index contributed by atoms with van der Waals surface area (Å²) in [5, 5.41) is 22.0. The number of hydrogen-bond donors (Lipinski definition) is 2. The maximum absolute atomic E-state index is 12.1. The number of carbonyl (C=O) groups excluding carboxylic acids is 1. The lowest BCUT2D eigenvalue weighted by molar-refractivity contribution is 0.0955. The second-order valence-corrected chi connectivity index (χ2v) is 5.03. The first-order valence-corrected chi connectivity index (χ1v) is 7.07. The minimum atomic E-state index is -0.234. The minimum Gasteiger partial charge on any atom is -0.384 e. The molecule has 0 saturated heterocycles. The normalized spacial score (nSPS) is 9.33. The van der Waals surface area contributed by atoms with Gasteiger partial charge in [0.1, 0.15) is 11.5 Å². The number of aliphatic hydroxyl groups is 1. The van der Waals surface area contributed by atoms with Crippen molar-refractivity contribution < 1.29 is 9.90 Å². The summed E-state index contributed by atoms with van der Waals surface area (Å²) in [6, 6.07) is 10.8. The van der Waals surface area contributed by atoms with Crippen molar-refractivity contribution in [2.45, 2.75) is 6.54 Å². The van der Waals surface area contributed by atoms with Crippen LogP contribution >= 0.6 is 11.3 Å². The molecular formula is C16H12N2O2S. The molecule has 0 bridgehead atoms. The van der Waals surface area contributed by atoms with Gasteiger partial charge in [0.2, 0.25) is 0 Å². The molecule has 1 heterocycles. The summed E-state index contributed by atoms with van der Waals surface area (Å²) in [5.74, 6) is 5.09. The van der Waals surface area contributed by atoms with Crippen LogP contribution in [0, 0.1) is 23.2 Å². The fourth-order valence-electron chi connectivity index (χ4n) is 1.68. The molecule has 1 aromatic heterocycles.